The second-order valence-corrected chi connectivity index (χ2v) is 10.4. The zero-order chi connectivity index (χ0) is 27.1. The van der Waals surface area contributed by atoms with Crippen LogP contribution in [-0.4, -0.2) is 81.0 Å². The van der Waals surface area contributed by atoms with Gasteiger partial charge in [-0.25, -0.2) is 0 Å². The van der Waals surface area contributed by atoms with Crippen molar-refractivity contribution in [2.45, 2.75) is 63.3 Å². The summed E-state index contributed by atoms with van der Waals surface area (Å²) in [6.07, 6.45) is 6.98. The lowest BCUT2D eigenvalue weighted by atomic mass is 10.0. The maximum atomic E-state index is 13.3. The van der Waals surface area contributed by atoms with Crippen molar-refractivity contribution in [1.29, 1.82) is 0 Å². The molecule has 4 aliphatic heterocycles. The minimum Gasteiger partial charge on any atom is -0.380 e. The molecule has 6 rings (SSSR count). The number of amides is 5. The number of rotatable bonds is 6. The third-order valence-corrected chi connectivity index (χ3v) is 7.96. The quantitative estimate of drug-likeness (QED) is 0.527. The number of nitrogens with zero attached hydrogens (tertiary/aromatic N) is 4. The molecule has 4 aliphatic rings. The van der Waals surface area contributed by atoms with Gasteiger partial charge in [-0.05, 0) is 44.2 Å². The van der Waals surface area contributed by atoms with Gasteiger partial charge in [0.25, 0.3) is 17.7 Å². The molecule has 204 valence electrons. The Morgan fingerprint density at radius 3 is 2.64 bits per heavy atom. The Labute approximate surface area is 224 Å². The van der Waals surface area contributed by atoms with Crippen LogP contribution in [0, 0.1) is 0 Å². The molecule has 12 nitrogen and oxygen atoms in total. The number of ether oxygens (including phenoxy) is 1. The molecule has 12 heteroatoms. The number of piperidine rings is 2. The molecule has 5 heterocycles. The number of aromatic nitrogens is 2. The number of nitrogens with one attached hydrogen (secondary N) is 2. The highest BCUT2D eigenvalue weighted by Crippen LogP contribution is 2.33. The molecule has 2 aromatic rings. The Hall–Kier alpha value is -4.06. The van der Waals surface area contributed by atoms with Gasteiger partial charge in [0, 0.05) is 50.1 Å². The molecule has 2 atom stereocenters. The average Bonchev–Trinajstić information content (AvgIpc) is 3.69. The van der Waals surface area contributed by atoms with Gasteiger partial charge in [-0.15, -0.1) is 0 Å². The molecular formula is C27H30N6O6. The van der Waals surface area contributed by atoms with Crippen LogP contribution in [0.2, 0.25) is 0 Å². The number of hydrogen-bond acceptors (Lipinski definition) is 8. The monoisotopic (exact) mass is 534 g/mol. The topological polar surface area (TPSA) is 143 Å². The van der Waals surface area contributed by atoms with Gasteiger partial charge >= 0.3 is 0 Å². The van der Waals surface area contributed by atoms with Crippen molar-refractivity contribution in [2.24, 2.45) is 0 Å². The molecule has 1 aromatic carbocycles. The molecule has 0 aliphatic carbocycles. The number of benzene rings is 1. The molecule has 1 aromatic heterocycles. The van der Waals surface area contributed by atoms with Crippen LogP contribution in [0.15, 0.2) is 30.6 Å². The summed E-state index contributed by atoms with van der Waals surface area (Å²) in [6, 6.07) is 4.17. The number of imide groups is 2. The zero-order valence-electron chi connectivity index (χ0n) is 21.4. The smallest absolute Gasteiger partial charge is 0.264 e. The van der Waals surface area contributed by atoms with Gasteiger partial charge in [-0.2, -0.15) is 5.10 Å². The Morgan fingerprint density at radius 2 is 1.90 bits per heavy atom. The standard InChI is InChI=1S/C27H30N6O6/c34-22-7-6-20(24(35)30-22)33-25(36)18-3-1-4-19(23(18)27(33)38)28-13-16-14-29-32(15-16)17-8-10-31(11-9-17)26(37)21-5-2-12-39-21/h1,3-4,14-15,17,20-21,28H,2,5-13H2,(H,30,34,35)/t20?,21-/m1/s1. The van der Waals surface area contributed by atoms with E-state index < -0.39 is 29.7 Å². The van der Waals surface area contributed by atoms with Crippen molar-refractivity contribution >= 4 is 35.2 Å². The zero-order valence-corrected chi connectivity index (χ0v) is 21.4. The van der Waals surface area contributed by atoms with Crippen LogP contribution in [0.3, 0.4) is 0 Å². The maximum absolute atomic E-state index is 13.3. The molecule has 0 bridgehead atoms. The Balaban J connectivity index is 1.09. The number of carbonyl (C=O) groups excluding carboxylic acids is 5. The van der Waals surface area contributed by atoms with Crippen molar-refractivity contribution in [3.8, 4) is 0 Å². The van der Waals surface area contributed by atoms with Crippen molar-refractivity contribution < 1.29 is 28.7 Å². The summed E-state index contributed by atoms with van der Waals surface area (Å²) in [5, 5.41) is 9.99. The first kappa shape index (κ1) is 25.2. The van der Waals surface area contributed by atoms with Crippen LogP contribution in [-0.2, 0) is 25.7 Å². The predicted octanol–water partition coefficient (Wildman–Crippen LogP) is 1.24. The van der Waals surface area contributed by atoms with Gasteiger partial charge in [0.1, 0.15) is 12.1 Å². The van der Waals surface area contributed by atoms with Gasteiger partial charge in [-0.1, -0.05) is 6.07 Å². The molecule has 0 saturated carbocycles. The van der Waals surface area contributed by atoms with Crippen molar-refractivity contribution in [3.05, 3.63) is 47.3 Å². The van der Waals surface area contributed by atoms with Crippen molar-refractivity contribution in [3.63, 3.8) is 0 Å². The number of anilines is 1. The molecule has 0 radical (unpaired) electrons. The predicted molar refractivity (Wildman–Crippen MR) is 136 cm³/mol. The molecule has 3 fully saturated rings. The van der Waals surface area contributed by atoms with Crippen LogP contribution in [0.25, 0.3) is 0 Å². The van der Waals surface area contributed by atoms with E-state index in [1.807, 2.05) is 15.8 Å². The molecule has 0 spiro atoms. The van der Waals surface area contributed by atoms with E-state index in [0.717, 1.165) is 36.1 Å². The van der Waals surface area contributed by atoms with E-state index in [2.05, 4.69) is 15.7 Å². The van der Waals surface area contributed by atoms with E-state index in [1.165, 1.54) is 0 Å². The first-order chi connectivity index (χ1) is 18.9. The van der Waals surface area contributed by atoms with E-state index in [-0.39, 0.29) is 42.0 Å². The van der Waals surface area contributed by atoms with E-state index in [1.54, 1.807) is 24.4 Å². The number of carbonyl (C=O) groups is 5. The molecular weight excluding hydrogens is 504 g/mol. The highest BCUT2D eigenvalue weighted by molar-refractivity contribution is 6.25. The SMILES string of the molecule is O=C1CCC(N2C(=O)c3cccc(NCc4cnn(C5CCN(C(=O)[C@H]6CCCO6)CC5)c4)c3C2=O)C(=O)N1. The third-order valence-electron chi connectivity index (χ3n) is 7.96. The van der Waals surface area contributed by atoms with Gasteiger partial charge in [0.05, 0.1) is 23.4 Å². The van der Waals surface area contributed by atoms with Gasteiger partial charge in [-0.3, -0.25) is 38.9 Å². The number of likely N-dealkylation sites (tertiary alicyclic amines) is 1. The van der Waals surface area contributed by atoms with E-state index in [0.29, 0.717) is 31.9 Å². The summed E-state index contributed by atoms with van der Waals surface area (Å²) >= 11 is 0. The number of hydrogen-bond donors (Lipinski definition) is 2. The van der Waals surface area contributed by atoms with Crippen LogP contribution < -0.4 is 10.6 Å². The van der Waals surface area contributed by atoms with Crippen LogP contribution >= 0.6 is 0 Å². The minimum atomic E-state index is -1.01. The molecule has 39 heavy (non-hydrogen) atoms. The Kier molecular flexibility index (Phi) is 6.63. The van der Waals surface area contributed by atoms with E-state index in [9.17, 15) is 24.0 Å². The largest absolute Gasteiger partial charge is 0.380 e. The summed E-state index contributed by atoms with van der Waals surface area (Å²) < 4.78 is 7.47. The summed E-state index contributed by atoms with van der Waals surface area (Å²) in [4.78, 5) is 65.7. The van der Waals surface area contributed by atoms with E-state index in [4.69, 9.17) is 4.74 Å². The lowest BCUT2D eigenvalue weighted by Crippen LogP contribution is -2.54. The summed E-state index contributed by atoms with van der Waals surface area (Å²) in [5.41, 5.74) is 1.86. The first-order valence-electron chi connectivity index (χ1n) is 13.4. The molecule has 5 amide bonds. The molecule has 3 saturated heterocycles. The van der Waals surface area contributed by atoms with Crippen molar-refractivity contribution in [2.75, 3.05) is 25.0 Å². The highest BCUT2D eigenvalue weighted by Gasteiger charge is 2.45. The fourth-order valence-corrected chi connectivity index (χ4v) is 5.85. The van der Waals surface area contributed by atoms with Gasteiger partial charge in [0.2, 0.25) is 11.8 Å². The molecule has 1 unspecified atom stereocenters. The van der Waals surface area contributed by atoms with Crippen molar-refractivity contribution in [1.82, 2.24) is 24.9 Å². The normalized spacial score (nSPS) is 23.8. The van der Waals surface area contributed by atoms with Crippen LogP contribution in [0.4, 0.5) is 5.69 Å². The summed E-state index contributed by atoms with van der Waals surface area (Å²) in [6.45, 7) is 2.39. The third kappa shape index (κ3) is 4.69. The lowest BCUT2D eigenvalue weighted by Gasteiger charge is -2.33. The van der Waals surface area contributed by atoms with Gasteiger partial charge in [0.15, 0.2) is 0 Å². The van der Waals surface area contributed by atoms with Crippen LogP contribution in [0.1, 0.15) is 70.8 Å². The average molecular weight is 535 g/mol. The second-order valence-electron chi connectivity index (χ2n) is 10.4. The number of fused-ring (bicyclic) bond motifs is 1. The summed E-state index contributed by atoms with van der Waals surface area (Å²) in [5.74, 6) is -2.04. The fourth-order valence-electron chi connectivity index (χ4n) is 5.85. The molecule has 2 N–H and O–H groups in total. The highest BCUT2D eigenvalue weighted by atomic mass is 16.5. The minimum absolute atomic E-state index is 0.0726. The van der Waals surface area contributed by atoms with Gasteiger partial charge < -0.3 is 15.0 Å². The fraction of sp³-hybridized carbons (Fsp3) is 0.481. The van der Waals surface area contributed by atoms with E-state index >= 15 is 0 Å². The Morgan fingerprint density at radius 1 is 1.08 bits per heavy atom. The maximum Gasteiger partial charge on any atom is 0.264 e. The van der Waals surface area contributed by atoms with Crippen LogP contribution in [0.5, 0.6) is 0 Å². The Bertz CT molecular complexity index is 1340. The first-order valence-corrected chi connectivity index (χ1v) is 13.4. The lowest BCUT2D eigenvalue weighted by molar-refractivity contribution is -0.142. The summed E-state index contributed by atoms with van der Waals surface area (Å²) in [7, 11) is 0. The second kappa shape index (κ2) is 10.3.